The van der Waals surface area contributed by atoms with Gasteiger partial charge >= 0.3 is 6.09 Å². The molecule has 1 fully saturated rings. The van der Waals surface area contributed by atoms with Crippen LogP contribution in [0.5, 0.6) is 0 Å². The van der Waals surface area contributed by atoms with E-state index in [2.05, 4.69) is 5.32 Å². The number of amides is 2. The van der Waals surface area contributed by atoms with Gasteiger partial charge < -0.3 is 15.2 Å². The van der Waals surface area contributed by atoms with Gasteiger partial charge in [0.25, 0.3) is 0 Å². The van der Waals surface area contributed by atoms with Crippen molar-refractivity contribution in [2.45, 2.75) is 51.8 Å². The number of benzene rings is 1. The molecule has 0 aliphatic carbocycles. The summed E-state index contributed by atoms with van der Waals surface area (Å²) in [5.41, 5.74) is 0.910. The third-order valence-electron chi connectivity index (χ3n) is 4.32. The highest BCUT2D eigenvalue weighted by molar-refractivity contribution is 5.86. The number of likely N-dealkylation sites (tertiary alicyclic amines) is 1. The van der Waals surface area contributed by atoms with Crippen molar-refractivity contribution >= 4 is 12.0 Å². The van der Waals surface area contributed by atoms with Crippen LogP contribution in [0.15, 0.2) is 30.3 Å². The van der Waals surface area contributed by atoms with E-state index in [1.54, 1.807) is 0 Å². The molecule has 1 saturated heterocycles. The maximum Gasteiger partial charge on any atom is 0.410 e. The molecule has 2 rings (SSSR count). The summed E-state index contributed by atoms with van der Waals surface area (Å²) < 4.78 is 5.35. The number of hydrogen-bond donors (Lipinski definition) is 2. The summed E-state index contributed by atoms with van der Waals surface area (Å²) in [4.78, 5) is 26.3. The normalized spacial score (nSPS) is 18.2. The smallest absolute Gasteiger partial charge is 0.410 e. The van der Waals surface area contributed by atoms with Crippen molar-refractivity contribution < 1.29 is 19.4 Å². The first kappa shape index (κ1) is 19.2. The molecule has 0 radical (unpaired) electrons. The molecule has 25 heavy (non-hydrogen) atoms. The minimum absolute atomic E-state index is 0.102. The highest BCUT2D eigenvalue weighted by Crippen LogP contribution is 2.19. The van der Waals surface area contributed by atoms with Gasteiger partial charge in [0.05, 0.1) is 12.6 Å². The lowest BCUT2D eigenvalue weighted by Crippen LogP contribution is -2.50. The molecule has 2 unspecified atom stereocenters. The highest BCUT2D eigenvalue weighted by atomic mass is 16.6. The van der Waals surface area contributed by atoms with Crippen LogP contribution < -0.4 is 5.32 Å². The van der Waals surface area contributed by atoms with Crippen molar-refractivity contribution in [2.24, 2.45) is 5.92 Å². The molecule has 1 aromatic carbocycles. The van der Waals surface area contributed by atoms with Gasteiger partial charge in [0.1, 0.15) is 12.6 Å². The van der Waals surface area contributed by atoms with E-state index in [0.717, 1.165) is 12.0 Å². The number of hydrogen-bond acceptors (Lipinski definition) is 4. The van der Waals surface area contributed by atoms with Gasteiger partial charge in [0, 0.05) is 6.54 Å². The monoisotopic (exact) mass is 348 g/mol. The van der Waals surface area contributed by atoms with E-state index < -0.39 is 12.1 Å². The minimum atomic E-state index is -0.524. The van der Waals surface area contributed by atoms with Crippen LogP contribution in [-0.2, 0) is 16.1 Å². The van der Waals surface area contributed by atoms with Crippen LogP contribution in [0, 0.1) is 5.92 Å². The SMILES string of the molecule is CC(C)CC(CO)NC(=O)C1CCCN1C(=O)OCc1ccccc1. The molecule has 0 aromatic heterocycles. The predicted molar refractivity (Wildman–Crippen MR) is 94.8 cm³/mol. The lowest BCUT2D eigenvalue weighted by atomic mass is 10.0. The Morgan fingerprint density at radius 3 is 2.68 bits per heavy atom. The standard InChI is InChI=1S/C19H28N2O4/c1-14(2)11-16(12-22)20-18(23)17-9-6-10-21(17)19(24)25-13-15-7-4-3-5-8-15/h3-5,7-8,14,16-17,22H,6,9-13H2,1-2H3,(H,20,23). The van der Waals surface area contributed by atoms with Gasteiger partial charge in [-0.2, -0.15) is 0 Å². The van der Waals surface area contributed by atoms with E-state index in [9.17, 15) is 14.7 Å². The fourth-order valence-corrected chi connectivity index (χ4v) is 3.11. The van der Waals surface area contributed by atoms with Crippen LogP contribution in [-0.4, -0.2) is 47.2 Å². The van der Waals surface area contributed by atoms with E-state index >= 15 is 0 Å². The Hall–Kier alpha value is -2.08. The number of nitrogens with zero attached hydrogens (tertiary/aromatic N) is 1. The molecule has 2 N–H and O–H groups in total. The Balaban J connectivity index is 1.89. The van der Waals surface area contributed by atoms with Crippen molar-refractivity contribution in [3.63, 3.8) is 0 Å². The van der Waals surface area contributed by atoms with E-state index in [1.165, 1.54) is 4.90 Å². The lowest BCUT2D eigenvalue weighted by molar-refractivity contribution is -0.126. The molecule has 1 aliphatic heterocycles. The van der Waals surface area contributed by atoms with Gasteiger partial charge in [0.2, 0.25) is 5.91 Å². The van der Waals surface area contributed by atoms with Crippen LogP contribution in [0.3, 0.4) is 0 Å². The van der Waals surface area contributed by atoms with Gasteiger partial charge in [0.15, 0.2) is 0 Å². The first-order valence-corrected chi connectivity index (χ1v) is 8.89. The molecule has 2 amide bonds. The molecule has 6 nitrogen and oxygen atoms in total. The summed E-state index contributed by atoms with van der Waals surface area (Å²) >= 11 is 0. The van der Waals surface area contributed by atoms with Crippen molar-refractivity contribution in [1.29, 1.82) is 0 Å². The van der Waals surface area contributed by atoms with E-state index in [-0.39, 0.29) is 25.2 Å². The first-order valence-electron chi connectivity index (χ1n) is 8.89. The van der Waals surface area contributed by atoms with Crippen molar-refractivity contribution in [2.75, 3.05) is 13.2 Å². The average Bonchev–Trinajstić information content (AvgIpc) is 3.09. The number of ether oxygens (including phenoxy) is 1. The fraction of sp³-hybridized carbons (Fsp3) is 0.579. The Bertz CT molecular complexity index is 562. The number of rotatable bonds is 7. The number of aliphatic hydroxyl groups is 1. The average molecular weight is 348 g/mol. The fourth-order valence-electron chi connectivity index (χ4n) is 3.11. The number of carbonyl (C=O) groups is 2. The summed E-state index contributed by atoms with van der Waals surface area (Å²) in [7, 11) is 0. The van der Waals surface area contributed by atoms with E-state index in [4.69, 9.17) is 4.74 Å². The Labute approximate surface area is 149 Å². The van der Waals surface area contributed by atoms with Gasteiger partial charge in [-0.1, -0.05) is 44.2 Å². The van der Waals surface area contributed by atoms with Crippen molar-refractivity contribution in [1.82, 2.24) is 10.2 Å². The molecular formula is C19H28N2O4. The summed E-state index contributed by atoms with van der Waals surface area (Å²) in [6.45, 7) is 4.68. The number of carbonyl (C=O) groups excluding carboxylic acids is 2. The molecule has 0 bridgehead atoms. The molecule has 1 aromatic rings. The minimum Gasteiger partial charge on any atom is -0.445 e. The summed E-state index contributed by atoms with van der Waals surface area (Å²) in [5, 5.41) is 12.3. The van der Waals surface area contributed by atoms with Crippen LogP contribution in [0.2, 0.25) is 0 Å². The van der Waals surface area contributed by atoms with Crippen LogP contribution in [0.4, 0.5) is 4.79 Å². The molecule has 0 spiro atoms. The van der Waals surface area contributed by atoms with Gasteiger partial charge in [-0.15, -0.1) is 0 Å². The zero-order valence-electron chi connectivity index (χ0n) is 15.0. The molecular weight excluding hydrogens is 320 g/mol. The Morgan fingerprint density at radius 1 is 1.32 bits per heavy atom. The quantitative estimate of drug-likeness (QED) is 0.792. The Kier molecular flexibility index (Phi) is 7.25. The molecule has 2 atom stereocenters. The van der Waals surface area contributed by atoms with Gasteiger partial charge in [-0.05, 0) is 30.7 Å². The largest absolute Gasteiger partial charge is 0.445 e. The zero-order chi connectivity index (χ0) is 18.2. The number of nitrogens with one attached hydrogen (secondary N) is 1. The summed E-state index contributed by atoms with van der Waals surface area (Å²) in [6.07, 6.45) is 1.62. The van der Waals surface area contributed by atoms with E-state index in [0.29, 0.717) is 25.3 Å². The van der Waals surface area contributed by atoms with Crippen molar-refractivity contribution in [3.8, 4) is 0 Å². The first-order chi connectivity index (χ1) is 12.0. The molecule has 0 saturated carbocycles. The van der Waals surface area contributed by atoms with Crippen molar-refractivity contribution in [3.05, 3.63) is 35.9 Å². The number of aliphatic hydroxyl groups excluding tert-OH is 1. The second kappa shape index (κ2) is 9.42. The topological polar surface area (TPSA) is 78.9 Å². The van der Waals surface area contributed by atoms with Crippen LogP contribution in [0.25, 0.3) is 0 Å². The van der Waals surface area contributed by atoms with Gasteiger partial charge in [-0.25, -0.2) is 4.79 Å². The second-order valence-electron chi connectivity index (χ2n) is 6.91. The van der Waals surface area contributed by atoms with Gasteiger partial charge in [-0.3, -0.25) is 9.69 Å². The maximum atomic E-state index is 12.5. The summed E-state index contributed by atoms with van der Waals surface area (Å²) in [5.74, 6) is 0.154. The zero-order valence-corrected chi connectivity index (χ0v) is 15.0. The Morgan fingerprint density at radius 2 is 2.04 bits per heavy atom. The van der Waals surface area contributed by atoms with Crippen LogP contribution >= 0.6 is 0 Å². The van der Waals surface area contributed by atoms with Crippen LogP contribution in [0.1, 0.15) is 38.7 Å². The second-order valence-corrected chi connectivity index (χ2v) is 6.91. The predicted octanol–water partition coefficient (Wildman–Crippen LogP) is 2.31. The molecule has 1 aliphatic rings. The maximum absolute atomic E-state index is 12.5. The molecule has 6 heteroatoms. The lowest BCUT2D eigenvalue weighted by Gasteiger charge is -2.26. The van der Waals surface area contributed by atoms with E-state index in [1.807, 2.05) is 44.2 Å². The molecule has 138 valence electrons. The highest BCUT2D eigenvalue weighted by Gasteiger charge is 2.35. The third kappa shape index (κ3) is 5.74. The molecule has 1 heterocycles. The third-order valence-corrected chi connectivity index (χ3v) is 4.32. The summed E-state index contributed by atoms with van der Waals surface area (Å²) in [6, 6.07) is 8.65.